The summed E-state index contributed by atoms with van der Waals surface area (Å²) >= 11 is 0. The smallest absolute Gasteiger partial charge is 0 e. The molecule has 0 aliphatic carbocycles. The zero-order valence-corrected chi connectivity index (χ0v) is 57.0. The second-order valence-electron chi connectivity index (χ2n) is 14.0. The Morgan fingerprint density at radius 1 is 0.0439 bits per heavy atom. The molecule has 0 atom stereocenters. The monoisotopic (exact) mass is 1370 g/mol. The van der Waals surface area contributed by atoms with Crippen molar-refractivity contribution in [2.24, 2.45) is 0 Å². The van der Waals surface area contributed by atoms with E-state index in [0.717, 1.165) is 0 Å². The summed E-state index contributed by atoms with van der Waals surface area (Å²) in [5.74, 6) is 277. The second kappa shape index (κ2) is 87.9. The normalized spacial score (nSPS) is 3.95. The Kier molecular flexibility index (Phi) is 68.6. The molecule has 0 rings (SSSR count). The largest absolute Gasteiger partial charge is 0.358 e. The van der Waals surface area contributed by atoms with Crippen LogP contribution in [0.2, 0.25) is 0 Å². The van der Waals surface area contributed by atoms with Gasteiger partial charge in [-0.05, 0) is 94.7 Å². The van der Waals surface area contributed by atoms with Crippen molar-refractivity contribution >= 4 is 0 Å². The fourth-order valence-electron chi connectivity index (χ4n) is 3.44. The van der Waals surface area contributed by atoms with Crippen molar-refractivity contribution in [1.82, 2.24) is 0 Å². The first-order valence-corrected chi connectivity index (χ1v) is 28.2. The van der Waals surface area contributed by atoms with E-state index in [1.807, 2.05) is 11.8 Å². The van der Waals surface area contributed by atoms with E-state index in [4.69, 9.17) is 12.8 Å². The molecule has 0 unspecified atom stereocenters. The van der Waals surface area contributed by atoms with Crippen LogP contribution < -0.4 is 0 Å². The zero-order valence-electron chi connectivity index (χ0n) is 57.0. The second-order valence-corrected chi connectivity index (χ2v) is 14.0. The van der Waals surface area contributed by atoms with Crippen LogP contribution in [0.15, 0.2) is 0 Å². The van der Waals surface area contributed by atoms with Gasteiger partial charge in [0.25, 0.3) is 0 Å². The van der Waals surface area contributed by atoms with Gasteiger partial charge in [0.05, 0.1) is 0 Å². The third-order valence-electron chi connectivity index (χ3n) is 6.94. The van der Waals surface area contributed by atoms with E-state index < -0.39 is 0 Å². The molecule has 0 amide bonds. The van der Waals surface area contributed by atoms with Crippen molar-refractivity contribution < 1.29 is 0 Å². The first-order chi connectivity index (χ1) is 56.9. The molecule has 0 bridgehead atoms. The van der Waals surface area contributed by atoms with Gasteiger partial charge in [-0.25, -0.2) is 11.8 Å². The average molecular weight is 1370 g/mol. The first-order valence-electron chi connectivity index (χ1n) is 28.2. The van der Waals surface area contributed by atoms with E-state index in [-0.39, 0.29) is 0 Å². The molecule has 0 aromatic rings. The number of rotatable bonds is 0. The lowest BCUT2D eigenvalue weighted by Gasteiger charge is -1.63. The van der Waals surface area contributed by atoms with Gasteiger partial charge < -0.3 is 12.8 Å². The Morgan fingerprint density at radius 3 is 0.0965 bits per heavy atom. The first kappa shape index (κ1) is 88.9. The summed E-state index contributed by atoms with van der Waals surface area (Å²) in [6, 6.07) is 0. The van der Waals surface area contributed by atoms with Gasteiger partial charge in [0.15, 0.2) is 0 Å². The minimum atomic E-state index is 1.87. The SMILES string of the molecule is [C-]#CC#CC#CC#CC#CC#CC#CC#CC#CC#CC#CC#CC#CC#CC#CC#CC#CC#CC#CC#CC#CC#CC#CC#CC#CC#CC#CC#CC#CC#CC#CC#CC#CC#CC#CC#CC#CC#CC#CC#CC#CC#CC#CC#CC#CC#CC#CC#CC#CC#CC#CC#CC#CC#CC#CC#CC#[C-]. The van der Waals surface area contributed by atoms with Crippen LogP contribution in [0, 0.1) is 676 Å². The summed E-state index contributed by atoms with van der Waals surface area (Å²) in [6.45, 7) is 0. The molecule has 0 heteroatoms. The molecule has 0 heterocycles. The molecule has 0 aromatic carbocycles. The van der Waals surface area contributed by atoms with Gasteiger partial charge in [-0.3, -0.25) is 11.8 Å². The minimum absolute atomic E-state index is 1.87. The van der Waals surface area contributed by atoms with Gasteiger partial charge >= 0.3 is 0 Å². The van der Waals surface area contributed by atoms with Crippen molar-refractivity contribution in [2.75, 3.05) is 0 Å². The summed E-state index contributed by atoms with van der Waals surface area (Å²) < 4.78 is 0. The van der Waals surface area contributed by atoms with Gasteiger partial charge in [-0.15, -0.1) is 11.8 Å². The minimum Gasteiger partial charge on any atom is -0.358 e. The lowest BCUT2D eigenvalue weighted by molar-refractivity contribution is 2.31. The fraction of sp³-hybridized carbons (Fsp3) is 0. The molecule has 0 spiro atoms. The topological polar surface area (TPSA) is 0 Å². The predicted molar refractivity (Wildman–Crippen MR) is 442 cm³/mol. The van der Waals surface area contributed by atoms with E-state index in [0.29, 0.717) is 0 Å². The lowest BCUT2D eigenvalue weighted by Crippen LogP contribution is -1.57. The Hall–Kier alpha value is -25.1. The third-order valence-corrected chi connectivity index (χ3v) is 6.94. The van der Waals surface area contributed by atoms with Crippen LogP contribution in [0.3, 0.4) is 0 Å². The standard InChI is InChI=1S/C114/c1-3-5-7-9-11-13-15-17-19-21-23-25-27-29-31-33-35-37-39-41-43-45-47-49-51-53-55-57-59-61-63-65-67-69-71-73-75-77-79-81-83-85-87-89-91-93-95-97-99-101-103-105-107-109-111-113-114-112-110-108-106-104-102-100-98-96-94-92-90-88-86-84-82-80-78-76-74-72-70-68-66-64-62-60-58-56-54-52-50-48-46-44-42-40-38-36-34-32-30-28-26-24-22-20-18-16-14-12-10-8-6-4-2/q-2. The van der Waals surface area contributed by atoms with Crippen molar-refractivity contribution in [2.45, 2.75) is 0 Å². The molecule has 0 saturated carbocycles. The van der Waals surface area contributed by atoms with Gasteiger partial charge in [0.1, 0.15) is 0 Å². The molecule has 0 aliphatic rings. The molecular weight excluding hydrogens is 1370 g/mol. The molecule has 0 aromatic heterocycles. The molecule has 0 saturated heterocycles. The maximum Gasteiger partial charge on any atom is 0 e. The number of hydrogen-bond acceptors (Lipinski definition) is 0. The summed E-state index contributed by atoms with van der Waals surface area (Å²) in [7, 11) is 0. The van der Waals surface area contributed by atoms with E-state index in [2.05, 4.69) is 651 Å². The summed E-state index contributed by atoms with van der Waals surface area (Å²) in [4.78, 5) is 0. The predicted octanol–water partition coefficient (Wildman–Crippen LogP) is 0.353. The van der Waals surface area contributed by atoms with Crippen LogP contribution in [-0.2, 0) is 0 Å². The van der Waals surface area contributed by atoms with E-state index in [9.17, 15) is 0 Å². The highest BCUT2D eigenvalue weighted by Gasteiger charge is 1.68. The van der Waals surface area contributed by atoms with Crippen molar-refractivity contribution in [3.63, 3.8) is 0 Å². The molecule has 458 valence electrons. The van der Waals surface area contributed by atoms with E-state index in [1.165, 1.54) is 0 Å². The maximum absolute atomic E-state index is 6.59. The van der Waals surface area contributed by atoms with E-state index >= 15 is 0 Å². The Balaban J connectivity index is 4.65. The van der Waals surface area contributed by atoms with Gasteiger partial charge in [-0.2, -0.15) is 0 Å². The maximum atomic E-state index is 6.59. The van der Waals surface area contributed by atoms with Crippen LogP contribution in [-0.4, -0.2) is 0 Å². The van der Waals surface area contributed by atoms with Gasteiger partial charge in [0, 0.05) is 533 Å². The van der Waals surface area contributed by atoms with Crippen LogP contribution in [0.4, 0.5) is 0 Å². The molecule has 0 nitrogen and oxygen atoms in total. The lowest BCUT2D eigenvalue weighted by atomic mass is 10.4. The molecule has 0 aliphatic heterocycles. The third kappa shape index (κ3) is 86.9. The van der Waals surface area contributed by atoms with Gasteiger partial charge in [0.2, 0.25) is 0 Å². The van der Waals surface area contributed by atoms with Crippen molar-refractivity contribution in [1.29, 1.82) is 0 Å². The van der Waals surface area contributed by atoms with E-state index in [1.54, 1.807) is 0 Å². The molecule has 0 radical (unpaired) electrons. The Bertz CT molecular complexity index is 7650. The van der Waals surface area contributed by atoms with Crippen LogP contribution in [0.25, 0.3) is 0 Å². The van der Waals surface area contributed by atoms with Crippen LogP contribution in [0.1, 0.15) is 0 Å². The number of hydrogen-bond donors (Lipinski definition) is 0. The molecule has 0 N–H and O–H groups in total. The van der Waals surface area contributed by atoms with Gasteiger partial charge in [-0.1, -0.05) is 0 Å². The van der Waals surface area contributed by atoms with Crippen LogP contribution in [0.5, 0.6) is 0 Å². The molecule has 0 fully saturated rings. The fourth-order valence-corrected chi connectivity index (χ4v) is 3.44. The van der Waals surface area contributed by atoms with Crippen molar-refractivity contribution in [3.8, 4) is 663 Å². The Labute approximate surface area is 671 Å². The molecule has 114 heavy (non-hydrogen) atoms. The summed E-state index contributed by atoms with van der Waals surface area (Å²) in [5.41, 5.74) is 0. The molecular formula is C114-2. The highest BCUT2D eigenvalue weighted by molar-refractivity contribution is 5.57. The summed E-state index contributed by atoms with van der Waals surface area (Å²) in [5, 5.41) is 0. The zero-order chi connectivity index (χ0) is 81.2. The highest BCUT2D eigenvalue weighted by Crippen LogP contribution is 1.69. The Morgan fingerprint density at radius 2 is 0.0702 bits per heavy atom. The quantitative estimate of drug-likeness (QED) is 0.243. The summed E-state index contributed by atoms with van der Waals surface area (Å²) in [6.07, 6.45) is 13.2. The highest BCUT2D eigenvalue weighted by atomic mass is 13.7. The van der Waals surface area contributed by atoms with Crippen LogP contribution >= 0.6 is 0 Å². The van der Waals surface area contributed by atoms with Crippen molar-refractivity contribution in [3.05, 3.63) is 12.8 Å². The average Bonchev–Trinajstić information content (AvgIpc) is 2.83.